The van der Waals surface area contributed by atoms with Gasteiger partial charge in [-0.2, -0.15) is 0 Å². The SMILES string of the molecule is COc1cc(C)c(Br)cc1C(Cl)C1CCCCC1. The summed E-state index contributed by atoms with van der Waals surface area (Å²) < 4.78 is 6.60. The van der Waals surface area contributed by atoms with Gasteiger partial charge in [-0.1, -0.05) is 35.2 Å². The number of aryl methyl sites for hydroxylation is 1. The molecule has 0 aromatic heterocycles. The molecule has 2 rings (SSSR count). The van der Waals surface area contributed by atoms with Crippen LogP contribution in [-0.4, -0.2) is 7.11 Å². The van der Waals surface area contributed by atoms with Crippen molar-refractivity contribution in [3.05, 3.63) is 27.7 Å². The van der Waals surface area contributed by atoms with E-state index < -0.39 is 0 Å². The minimum Gasteiger partial charge on any atom is -0.496 e. The molecule has 0 aliphatic heterocycles. The van der Waals surface area contributed by atoms with Crippen LogP contribution in [0, 0.1) is 12.8 Å². The minimum absolute atomic E-state index is 0.0668. The molecule has 1 nitrogen and oxygen atoms in total. The topological polar surface area (TPSA) is 9.23 Å². The maximum absolute atomic E-state index is 6.69. The summed E-state index contributed by atoms with van der Waals surface area (Å²) in [4.78, 5) is 0. The molecule has 0 spiro atoms. The van der Waals surface area contributed by atoms with Crippen LogP contribution in [0.1, 0.15) is 48.6 Å². The van der Waals surface area contributed by atoms with E-state index >= 15 is 0 Å². The quantitative estimate of drug-likeness (QED) is 0.653. The largest absolute Gasteiger partial charge is 0.496 e. The maximum Gasteiger partial charge on any atom is 0.123 e. The van der Waals surface area contributed by atoms with Crippen LogP contribution in [0.5, 0.6) is 5.75 Å². The van der Waals surface area contributed by atoms with Crippen LogP contribution in [0.25, 0.3) is 0 Å². The Bertz CT molecular complexity index is 413. The Balaban J connectivity index is 2.27. The Labute approximate surface area is 123 Å². The number of hydrogen-bond donors (Lipinski definition) is 0. The van der Waals surface area contributed by atoms with Gasteiger partial charge in [-0.05, 0) is 43.4 Å². The first-order valence-corrected chi connectivity index (χ1v) is 7.84. The summed E-state index contributed by atoms with van der Waals surface area (Å²) in [7, 11) is 1.72. The highest BCUT2D eigenvalue weighted by Gasteiger charge is 2.26. The lowest BCUT2D eigenvalue weighted by Gasteiger charge is -2.27. The van der Waals surface area contributed by atoms with E-state index in [0.29, 0.717) is 5.92 Å². The fourth-order valence-corrected chi connectivity index (χ4v) is 3.53. The number of benzene rings is 1. The molecule has 1 aliphatic carbocycles. The van der Waals surface area contributed by atoms with Crippen LogP contribution in [0.15, 0.2) is 16.6 Å². The van der Waals surface area contributed by atoms with Gasteiger partial charge in [-0.15, -0.1) is 11.6 Å². The third-order valence-corrected chi connectivity index (χ3v) is 5.32. The van der Waals surface area contributed by atoms with Gasteiger partial charge in [-0.25, -0.2) is 0 Å². The summed E-state index contributed by atoms with van der Waals surface area (Å²) in [5, 5.41) is 0.0668. The number of alkyl halides is 1. The zero-order valence-corrected chi connectivity index (χ0v) is 13.4. The lowest BCUT2D eigenvalue weighted by Crippen LogP contribution is -2.13. The van der Waals surface area contributed by atoms with Gasteiger partial charge in [0.05, 0.1) is 12.5 Å². The van der Waals surface area contributed by atoms with E-state index in [4.69, 9.17) is 16.3 Å². The van der Waals surface area contributed by atoms with Gasteiger partial charge in [0.15, 0.2) is 0 Å². The van der Waals surface area contributed by atoms with Gasteiger partial charge < -0.3 is 4.74 Å². The highest BCUT2D eigenvalue weighted by atomic mass is 79.9. The van der Waals surface area contributed by atoms with E-state index in [1.54, 1.807) is 7.11 Å². The van der Waals surface area contributed by atoms with Crippen molar-refractivity contribution in [2.75, 3.05) is 7.11 Å². The molecule has 1 unspecified atom stereocenters. The third kappa shape index (κ3) is 3.03. The molecule has 1 saturated carbocycles. The van der Waals surface area contributed by atoms with Gasteiger partial charge in [0.25, 0.3) is 0 Å². The average molecular weight is 332 g/mol. The van der Waals surface area contributed by atoms with Crippen molar-refractivity contribution in [2.45, 2.75) is 44.4 Å². The Morgan fingerprint density at radius 1 is 1.28 bits per heavy atom. The first-order chi connectivity index (χ1) is 8.63. The van der Waals surface area contributed by atoms with Gasteiger partial charge in [0, 0.05) is 10.0 Å². The summed E-state index contributed by atoms with van der Waals surface area (Å²) in [5.74, 6) is 1.50. The Morgan fingerprint density at radius 2 is 1.94 bits per heavy atom. The molecule has 1 aromatic rings. The molecule has 0 heterocycles. The van der Waals surface area contributed by atoms with Crippen molar-refractivity contribution >= 4 is 27.5 Å². The lowest BCUT2D eigenvalue weighted by atomic mass is 9.84. The summed E-state index contributed by atoms with van der Waals surface area (Å²) in [6.07, 6.45) is 6.45. The van der Waals surface area contributed by atoms with Crippen LogP contribution < -0.4 is 4.74 Å². The fourth-order valence-electron chi connectivity index (χ4n) is 2.74. The molecule has 3 heteroatoms. The molecule has 0 amide bonds. The average Bonchev–Trinajstić information content (AvgIpc) is 2.41. The number of methoxy groups -OCH3 is 1. The molecule has 0 radical (unpaired) electrons. The fraction of sp³-hybridized carbons (Fsp3) is 0.600. The van der Waals surface area contributed by atoms with Crippen molar-refractivity contribution < 1.29 is 4.74 Å². The zero-order chi connectivity index (χ0) is 13.1. The van der Waals surface area contributed by atoms with E-state index in [-0.39, 0.29) is 5.38 Å². The normalized spacial score (nSPS) is 18.7. The third-order valence-electron chi connectivity index (χ3n) is 3.87. The Hall–Kier alpha value is -0.210. The van der Waals surface area contributed by atoms with Crippen LogP contribution in [0.2, 0.25) is 0 Å². The van der Waals surface area contributed by atoms with E-state index in [0.717, 1.165) is 15.8 Å². The highest BCUT2D eigenvalue weighted by Crippen LogP contribution is 2.43. The van der Waals surface area contributed by atoms with Gasteiger partial charge in [0.1, 0.15) is 5.75 Å². The van der Waals surface area contributed by atoms with Crippen molar-refractivity contribution in [1.82, 2.24) is 0 Å². The molecule has 1 fully saturated rings. The highest BCUT2D eigenvalue weighted by molar-refractivity contribution is 9.10. The summed E-state index contributed by atoms with van der Waals surface area (Å²) in [5.41, 5.74) is 2.31. The monoisotopic (exact) mass is 330 g/mol. The first-order valence-electron chi connectivity index (χ1n) is 6.61. The minimum atomic E-state index is 0.0668. The molecule has 100 valence electrons. The van der Waals surface area contributed by atoms with E-state index in [1.807, 2.05) is 0 Å². The van der Waals surface area contributed by atoms with Crippen LogP contribution in [0.4, 0.5) is 0 Å². The summed E-state index contributed by atoms with van der Waals surface area (Å²) in [6, 6.07) is 4.19. The van der Waals surface area contributed by atoms with Crippen molar-refractivity contribution in [2.24, 2.45) is 5.92 Å². The van der Waals surface area contributed by atoms with Crippen molar-refractivity contribution in [1.29, 1.82) is 0 Å². The number of halogens is 2. The molecular weight excluding hydrogens is 312 g/mol. The lowest BCUT2D eigenvalue weighted by molar-refractivity contribution is 0.340. The first kappa shape index (κ1) is 14.2. The van der Waals surface area contributed by atoms with Crippen LogP contribution in [-0.2, 0) is 0 Å². The van der Waals surface area contributed by atoms with Gasteiger partial charge in [-0.3, -0.25) is 0 Å². The van der Waals surface area contributed by atoms with Crippen LogP contribution >= 0.6 is 27.5 Å². The van der Waals surface area contributed by atoms with Crippen molar-refractivity contribution in [3.8, 4) is 5.75 Å². The molecule has 1 aliphatic rings. The number of hydrogen-bond acceptors (Lipinski definition) is 1. The van der Waals surface area contributed by atoms with Gasteiger partial charge >= 0.3 is 0 Å². The summed E-state index contributed by atoms with van der Waals surface area (Å²) in [6.45, 7) is 2.07. The maximum atomic E-state index is 6.69. The van der Waals surface area contributed by atoms with E-state index in [9.17, 15) is 0 Å². The molecule has 18 heavy (non-hydrogen) atoms. The van der Waals surface area contributed by atoms with E-state index in [2.05, 4.69) is 35.0 Å². The second kappa shape index (κ2) is 6.29. The zero-order valence-electron chi connectivity index (χ0n) is 11.0. The molecule has 0 saturated heterocycles. The Morgan fingerprint density at radius 3 is 2.56 bits per heavy atom. The van der Waals surface area contributed by atoms with E-state index in [1.165, 1.54) is 37.7 Å². The standard InChI is InChI=1S/C15H20BrClO/c1-10-8-14(18-2)12(9-13(10)16)15(17)11-6-4-3-5-7-11/h8-9,11,15H,3-7H2,1-2H3. The number of rotatable bonds is 3. The molecule has 1 atom stereocenters. The summed E-state index contributed by atoms with van der Waals surface area (Å²) >= 11 is 10.3. The second-order valence-corrected chi connectivity index (χ2v) is 6.47. The second-order valence-electron chi connectivity index (χ2n) is 5.14. The van der Waals surface area contributed by atoms with Crippen molar-refractivity contribution in [3.63, 3.8) is 0 Å². The molecule has 0 N–H and O–H groups in total. The Kier molecular flexibility index (Phi) is 4.97. The van der Waals surface area contributed by atoms with Crippen LogP contribution in [0.3, 0.4) is 0 Å². The predicted molar refractivity (Wildman–Crippen MR) is 80.6 cm³/mol. The van der Waals surface area contributed by atoms with Gasteiger partial charge in [0.2, 0.25) is 0 Å². The smallest absolute Gasteiger partial charge is 0.123 e. The number of ether oxygens (including phenoxy) is 1. The molecule has 1 aromatic carbocycles. The molecule has 0 bridgehead atoms. The molecular formula is C15H20BrClO. The predicted octanol–water partition coefficient (Wildman–Crippen LogP) is 5.63.